The minimum Gasteiger partial charge on any atom is -0.478 e. The third kappa shape index (κ3) is 3.41. The Kier molecular flexibility index (Phi) is 4.89. The molecule has 0 spiro atoms. The molecule has 0 aliphatic carbocycles. The first-order chi connectivity index (χ1) is 7.97. The summed E-state index contributed by atoms with van der Waals surface area (Å²) in [6.45, 7) is 2.22. The Hall–Kier alpha value is -1.14. The lowest BCUT2D eigenvalue weighted by Gasteiger charge is -2.13. The molecule has 1 rings (SSSR count). The van der Waals surface area contributed by atoms with Crippen molar-refractivity contribution in [2.75, 3.05) is 18.5 Å². The Balaban J connectivity index is 2.89. The molecule has 0 saturated heterocycles. The number of carbonyl (C=O) groups is 1. The maximum absolute atomic E-state index is 13.7. The highest BCUT2D eigenvalue weighted by Crippen LogP contribution is 2.27. The summed E-state index contributed by atoms with van der Waals surface area (Å²) in [6.07, 6.45) is 0. The molecule has 0 fully saturated rings. The zero-order chi connectivity index (χ0) is 13.0. The number of anilines is 1. The van der Waals surface area contributed by atoms with Crippen molar-refractivity contribution in [1.82, 2.24) is 0 Å². The third-order valence-corrected chi connectivity index (χ3v) is 3.04. The molecule has 17 heavy (non-hydrogen) atoms. The summed E-state index contributed by atoms with van der Waals surface area (Å²) in [5, 5.41) is 20.4. The third-order valence-electron chi connectivity index (χ3n) is 2.27. The Morgan fingerprint density at radius 1 is 1.59 bits per heavy atom. The van der Waals surface area contributed by atoms with Crippen LogP contribution in [0.5, 0.6) is 0 Å². The van der Waals surface area contributed by atoms with Gasteiger partial charge in [-0.05, 0) is 34.0 Å². The van der Waals surface area contributed by atoms with Gasteiger partial charge < -0.3 is 15.5 Å². The van der Waals surface area contributed by atoms with Crippen LogP contribution in [-0.4, -0.2) is 29.3 Å². The zero-order valence-corrected chi connectivity index (χ0v) is 10.8. The molecule has 6 heteroatoms. The summed E-state index contributed by atoms with van der Waals surface area (Å²) in [7, 11) is 0. The monoisotopic (exact) mass is 305 g/mol. The molecule has 0 heterocycles. The molecule has 1 aromatic carbocycles. The van der Waals surface area contributed by atoms with Crippen LogP contribution < -0.4 is 5.32 Å². The van der Waals surface area contributed by atoms with Crippen molar-refractivity contribution in [1.29, 1.82) is 0 Å². The molecule has 4 nitrogen and oxygen atoms in total. The Bertz CT molecular complexity index is 425. The Labute approximate surface area is 107 Å². The average molecular weight is 306 g/mol. The standard InChI is InChI=1S/C11H13BrFNO3/c1-6(5-15)4-14-8-3-2-7(11(16)17)9(12)10(8)13/h2-3,6,14-15H,4-5H2,1H3,(H,16,17). The predicted molar refractivity (Wildman–Crippen MR) is 65.8 cm³/mol. The number of carboxylic acids is 1. The number of nitrogens with one attached hydrogen (secondary N) is 1. The second-order valence-electron chi connectivity index (χ2n) is 3.76. The fraction of sp³-hybridized carbons (Fsp3) is 0.364. The molecule has 1 atom stereocenters. The zero-order valence-electron chi connectivity index (χ0n) is 9.20. The van der Waals surface area contributed by atoms with Crippen molar-refractivity contribution < 1.29 is 19.4 Å². The lowest BCUT2D eigenvalue weighted by Crippen LogP contribution is -2.15. The largest absolute Gasteiger partial charge is 0.478 e. The highest BCUT2D eigenvalue weighted by atomic mass is 79.9. The summed E-state index contributed by atoms with van der Waals surface area (Å²) in [5.41, 5.74) is 0.0884. The number of carboxylic acid groups (broad SMARTS) is 1. The van der Waals surface area contributed by atoms with E-state index < -0.39 is 11.8 Å². The number of hydrogen-bond donors (Lipinski definition) is 3. The first-order valence-electron chi connectivity index (χ1n) is 5.03. The van der Waals surface area contributed by atoms with Crippen LogP contribution in [0.1, 0.15) is 17.3 Å². The summed E-state index contributed by atoms with van der Waals surface area (Å²) in [5.74, 6) is -1.84. The van der Waals surface area contributed by atoms with Gasteiger partial charge in [0.15, 0.2) is 5.82 Å². The van der Waals surface area contributed by atoms with Crippen molar-refractivity contribution in [3.8, 4) is 0 Å². The number of halogens is 2. The molecule has 0 aromatic heterocycles. The average Bonchev–Trinajstić information content (AvgIpc) is 2.30. The van der Waals surface area contributed by atoms with Crippen molar-refractivity contribution >= 4 is 27.6 Å². The number of aromatic carboxylic acids is 1. The number of aliphatic hydroxyl groups excluding tert-OH is 1. The van der Waals surface area contributed by atoms with E-state index in [4.69, 9.17) is 10.2 Å². The Morgan fingerprint density at radius 3 is 2.76 bits per heavy atom. The fourth-order valence-corrected chi connectivity index (χ4v) is 1.72. The van der Waals surface area contributed by atoms with Gasteiger partial charge in [-0.2, -0.15) is 0 Å². The van der Waals surface area contributed by atoms with E-state index in [0.29, 0.717) is 6.54 Å². The number of rotatable bonds is 5. The topological polar surface area (TPSA) is 69.6 Å². The van der Waals surface area contributed by atoms with E-state index in [1.807, 2.05) is 6.92 Å². The van der Waals surface area contributed by atoms with E-state index in [1.54, 1.807) is 0 Å². The van der Waals surface area contributed by atoms with Crippen LogP contribution in [0.2, 0.25) is 0 Å². The molecular formula is C11H13BrFNO3. The van der Waals surface area contributed by atoms with Crippen LogP contribution in [0.3, 0.4) is 0 Å². The molecule has 0 saturated carbocycles. The van der Waals surface area contributed by atoms with Gasteiger partial charge in [0.2, 0.25) is 0 Å². The minimum absolute atomic E-state index is 0.00297. The second-order valence-corrected chi connectivity index (χ2v) is 4.56. The van der Waals surface area contributed by atoms with Crippen molar-refractivity contribution in [2.45, 2.75) is 6.92 Å². The van der Waals surface area contributed by atoms with Gasteiger partial charge in [-0.1, -0.05) is 6.92 Å². The highest BCUT2D eigenvalue weighted by Gasteiger charge is 2.15. The predicted octanol–water partition coefficient (Wildman–Crippen LogP) is 2.33. The van der Waals surface area contributed by atoms with E-state index >= 15 is 0 Å². The van der Waals surface area contributed by atoms with Crippen LogP contribution in [0, 0.1) is 11.7 Å². The highest BCUT2D eigenvalue weighted by molar-refractivity contribution is 9.10. The molecule has 0 bridgehead atoms. The SMILES string of the molecule is CC(CO)CNc1ccc(C(=O)O)c(Br)c1F. The number of hydrogen-bond acceptors (Lipinski definition) is 3. The van der Waals surface area contributed by atoms with E-state index in [9.17, 15) is 9.18 Å². The van der Waals surface area contributed by atoms with Crippen LogP contribution >= 0.6 is 15.9 Å². The van der Waals surface area contributed by atoms with Gasteiger partial charge in [0, 0.05) is 13.2 Å². The van der Waals surface area contributed by atoms with Crippen molar-refractivity contribution in [3.63, 3.8) is 0 Å². The van der Waals surface area contributed by atoms with Crippen molar-refractivity contribution in [3.05, 3.63) is 28.0 Å². The maximum atomic E-state index is 13.7. The second kappa shape index (κ2) is 5.97. The molecule has 1 aromatic rings. The molecule has 0 amide bonds. The number of aliphatic hydroxyl groups is 1. The summed E-state index contributed by atoms with van der Waals surface area (Å²) < 4.78 is 13.7. The maximum Gasteiger partial charge on any atom is 0.336 e. The quantitative estimate of drug-likeness (QED) is 0.781. The summed E-state index contributed by atoms with van der Waals surface area (Å²) >= 11 is 2.91. The fourth-order valence-electron chi connectivity index (χ4n) is 1.20. The molecule has 3 N–H and O–H groups in total. The van der Waals surface area contributed by atoms with Crippen LogP contribution in [-0.2, 0) is 0 Å². The molecule has 0 aliphatic rings. The van der Waals surface area contributed by atoms with Gasteiger partial charge >= 0.3 is 5.97 Å². The van der Waals surface area contributed by atoms with Gasteiger partial charge in [-0.25, -0.2) is 9.18 Å². The first kappa shape index (κ1) is 13.9. The van der Waals surface area contributed by atoms with Crippen LogP contribution in [0.4, 0.5) is 10.1 Å². The summed E-state index contributed by atoms with van der Waals surface area (Å²) in [6, 6.07) is 2.69. The normalized spacial score (nSPS) is 12.2. The van der Waals surface area contributed by atoms with Crippen LogP contribution in [0.15, 0.2) is 16.6 Å². The molecule has 0 radical (unpaired) electrons. The van der Waals surface area contributed by atoms with Gasteiger partial charge in [0.25, 0.3) is 0 Å². The molecule has 1 unspecified atom stereocenters. The minimum atomic E-state index is -1.19. The van der Waals surface area contributed by atoms with E-state index in [-0.39, 0.29) is 28.2 Å². The Morgan fingerprint density at radius 2 is 2.24 bits per heavy atom. The van der Waals surface area contributed by atoms with E-state index in [1.165, 1.54) is 12.1 Å². The van der Waals surface area contributed by atoms with Crippen LogP contribution in [0.25, 0.3) is 0 Å². The summed E-state index contributed by atoms with van der Waals surface area (Å²) in [4.78, 5) is 10.7. The number of benzene rings is 1. The van der Waals surface area contributed by atoms with Gasteiger partial charge in [0.1, 0.15) is 0 Å². The van der Waals surface area contributed by atoms with Gasteiger partial charge in [-0.3, -0.25) is 0 Å². The van der Waals surface area contributed by atoms with Gasteiger partial charge in [0.05, 0.1) is 15.7 Å². The smallest absolute Gasteiger partial charge is 0.336 e. The molecule has 0 aliphatic heterocycles. The molecular weight excluding hydrogens is 293 g/mol. The van der Waals surface area contributed by atoms with Gasteiger partial charge in [-0.15, -0.1) is 0 Å². The molecule has 94 valence electrons. The lowest BCUT2D eigenvalue weighted by atomic mass is 10.1. The van der Waals surface area contributed by atoms with E-state index in [0.717, 1.165) is 0 Å². The lowest BCUT2D eigenvalue weighted by molar-refractivity contribution is 0.0695. The van der Waals surface area contributed by atoms with E-state index in [2.05, 4.69) is 21.2 Å². The van der Waals surface area contributed by atoms with Crippen molar-refractivity contribution in [2.24, 2.45) is 5.92 Å². The first-order valence-corrected chi connectivity index (χ1v) is 5.82.